The van der Waals surface area contributed by atoms with Gasteiger partial charge in [0.1, 0.15) is 0 Å². The van der Waals surface area contributed by atoms with E-state index in [1.807, 2.05) is 6.92 Å². The lowest BCUT2D eigenvalue weighted by atomic mass is 10.1. The van der Waals surface area contributed by atoms with Gasteiger partial charge in [0.15, 0.2) is 17.2 Å². The number of furan rings is 1. The summed E-state index contributed by atoms with van der Waals surface area (Å²) < 4.78 is 19.0. The number of hydrogen-bond acceptors (Lipinski definition) is 3. The smallest absolute Gasteiger partial charge is 0.287 e. The Labute approximate surface area is 116 Å². The first-order chi connectivity index (χ1) is 9.54. The van der Waals surface area contributed by atoms with E-state index in [1.54, 1.807) is 19.1 Å². The number of para-hydroxylation sites is 1. The average molecular weight is 279 g/mol. The van der Waals surface area contributed by atoms with Crippen molar-refractivity contribution in [1.29, 1.82) is 0 Å². The molecule has 0 aliphatic rings. The Balaban J connectivity index is 2.22. The second-order valence-electron chi connectivity index (χ2n) is 4.91. The molecule has 20 heavy (non-hydrogen) atoms. The van der Waals surface area contributed by atoms with Crippen molar-refractivity contribution in [2.24, 2.45) is 0 Å². The van der Waals surface area contributed by atoms with Crippen molar-refractivity contribution in [2.75, 3.05) is 6.61 Å². The van der Waals surface area contributed by atoms with Crippen LogP contribution in [0.25, 0.3) is 11.0 Å². The molecular weight excluding hydrogens is 261 g/mol. The molecule has 4 nitrogen and oxygen atoms in total. The van der Waals surface area contributed by atoms with Crippen LogP contribution >= 0.6 is 0 Å². The fraction of sp³-hybridized carbons (Fsp3) is 0.400. The predicted molar refractivity (Wildman–Crippen MR) is 74.2 cm³/mol. The number of benzene rings is 1. The number of rotatable bonds is 5. The van der Waals surface area contributed by atoms with Gasteiger partial charge in [0, 0.05) is 23.6 Å². The molecule has 0 radical (unpaired) electrons. The molecular formula is C15H18FNO3. The molecule has 1 aromatic carbocycles. The third-order valence-corrected chi connectivity index (χ3v) is 3.29. The molecule has 5 heteroatoms. The molecule has 0 bridgehead atoms. The Bertz CT molecular complexity index is 621. The number of halogens is 1. The minimum absolute atomic E-state index is 0.0768. The van der Waals surface area contributed by atoms with Crippen LogP contribution in [0.4, 0.5) is 4.39 Å². The molecule has 2 rings (SSSR count). The highest BCUT2D eigenvalue weighted by Gasteiger charge is 2.20. The highest BCUT2D eigenvalue weighted by Crippen LogP contribution is 2.27. The Kier molecular flexibility index (Phi) is 4.39. The van der Waals surface area contributed by atoms with Gasteiger partial charge < -0.3 is 14.8 Å². The van der Waals surface area contributed by atoms with Gasteiger partial charge in [0.25, 0.3) is 5.91 Å². The number of fused-ring (bicyclic) bond motifs is 1. The van der Waals surface area contributed by atoms with Crippen LogP contribution in [0.1, 0.15) is 35.9 Å². The SMILES string of the molecule is Cc1c(C(=O)NC(C)CCCO)oc2c(F)cccc12. The summed E-state index contributed by atoms with van der Waals surface area (Å²) in [5.41, 5.74) is 0.740. The zero-order valence-corrected chi connectivity index (χ0v) is 11.6. The van der Waals surface area contributed by atoms with Gasteiger partial charge in [-0.2, -0.15) is 0 Å². The largest absolute Gasteiger partial charge is 0.448 e. The van der Waals surface area contributed by atoms with Crippen LogP contribution in [0, 0.1) is 12.7 Å². The van der Waals surface area contributed by atoms with Gasteiger partial charge in [-0.3, -0.25) is 4.79 Å². The van der Waals surface area contributed by atoms with Gasteiger partial charge in [0.05, 0.1) is 0 Å². The molecule has 108 valence electrons. The molecule has 0 fully saturated rings. The van der Waals surface area contributed by atoms with E-state index in [9.17, 15) is 9.18 Å². The third kappa shape index (κ3) is 2.82. The molecule has 0 aliphatic heterocycles. The topological polar surface area (TPSA) is 62.5 Å². The van der Waals surface area contributed by atoms with E-state index in [4.69, 9.17) is 9.52 Å². The third-order valence-electron chi connectivity index (χ3n) is 3.29. The summed E-state index contributed by atoms with van der Waals surface area (Å²) in [6.07, 6.45) is 1.30. The number of carbonyl (C=O) groups excluding carboxylic acids is 1. The molecule has 1 amide bonds. The summed E-state index contributed by atoms with van der Waals surface area (Å²) in [7, 11) is 0. The second kappa shape index (κ2) is 6.05. The molecule has 1 unspecified atom stereocenters. The van der Waals surface area contributed by atoms with Crippen molar-refractivity contribution < 1.29 is 18.7 Å². The highest BCUT2D eigenvalue weighted by atomic mass is 19.1. The maximum absolute atomic E-state index is 13.6. The number of aliphatic hydroxyl groups excluding tert-OH is 1. The van der Waals surface area contributed by atoms with Crippen LogP contribution < -0.4 is 5.32 Å². The first-order valence-corrected chi connectivity index (χ1v) is 6.64. The lowest BCUT2D eigenvalue weighted by Gasteiger charge is -2.12. The molecule has 1 heterocycles. The maximum atomic E-state index is 13.6. The highest BCUT2D eigenvalue weighted by molar-refractivity contribution is 5.99. The van der Waals surface area contributed by atoms with Crippen molar-refractivity contribution >= 4 is 16.9 Å². The molecule has 0 saturated heterocycles. The Morgan fingerprint density at radius 1 is 1.50 bits per heavy atom. The quantitative estimate of drug-likeness (QED) is 0.884. The van der Waals surface area contributed by atoms with Gasteiger partial charge >= 0.3 is 0 Å². The molecule has 0 spiro atoms. The predicted octanol–water partition coefficient (Wildman–Crippen LogP) is 2.77. The summed E-state index contributed by atoms with van der Waals surface area (Å²) in [5, 5.41) is 12.2. The van der Waals surface area contributed by atoms with E-state index >= 15 is 0 Å². The van der Waals surface area contributed by atoms with Crippen molar-refractivity contribution in [2.45, 2.75) is 32.7 Å². The Morgan fingerprint density at radius 2 is 2.25 bits per heavy atom. The van der Waals surface area contributed by atoms with Gasteiger partial charge in [-0.25, -0.2) is 4.39 Å². The number of carbonyl (C=O) groups is 1. The first-order valence-electron chi connectivity index (χ1n) is 6.64. The number of amides is 1. The zero-order chi connectivity index (χ0) is 14.7. The van der Waals surface area contributed by atoms with Crippen LogP contribution in [0.3, 0.4) is 0 Å². The lowest BCUT2D eigenvalue weighted by molar-refractivity contribution is 0.0909. The molecule has 0 aliphatic carbocycles. The van der Waals surface area contributed by atoms with Gasteiger partial charge in [-0.05, 0) is 32.8 Å². The Hall–Kier alpha value is -1.88. The maximum Gasteiger partial charge on any atom is 0.287 e. The van der Waals surface area contributed by atoms with Crippen LogP contribution in [0.2, 0.25) is 0 Å². The number of aliphatic hydroxyl groups is 1. The second-order valence-corrected chi connectivity index (χ2v) is 4.91. The van der Waals surface area contributed by atoms with Crippen LogP contribution in [0.5, 0.6) is 0 Å². The number of nitrogens with one attached hydrogen (secondary N) is 1. The summed E-state index contributed by atoms with van der Waals surface area (Å²) >= 11 is 0. The zero-order valence-electron chi connectivity index (χ0n) is 11.6. The summed E-state index contributed by atoms with van der Waals surface area (Å²) in [6.45, 7) is 3.68. The van der Waals surface area contributed by atoms with Crippen LogP contribution in [-0.2, 0) is 0 Å². The molecule has 2 aromatic rings. The lowest BCUT2D eigenvalue weighted by Crippen LogP contribution is -2.32. The van der Waals surface area contributed by atoms with Gasteiger partial charge in [-0.1, -0.05) is 12.1 Å². The van der Waals surface area contributed by atoms with Crippen molar-refractivity contribution in [3.8, 4) is 0 Å². The molecule has 0 saturated carbocycles. The van der Waals surface area contributed by atoms with E-state index in [0.29, 0.717) is 23.8 Å². The van der Waals surface area contributed by atoms with Gasteiger partial charge in [0.2, 0.25) is 0 Å². The number of aryl methyl sites for hydroxylation is 1. The van der Waals surface area contributed by atoms with Gasteiger partial charge in [-0.15, -0.1) is 0 Å². The summed E-state index contributed by atoms with van der Waals surface area (Å²) in [6, 6.07) is 4.54. The summed E-state index contributed by atoms with van der Waals surface area (Å²) in [5.74, 6) is -0.692. The monoisotopic (exact) mass is 279 g/mol. The van der Waals surface area contributed by atoms with Crippen molar-refractivity contribution in [1.82, 2.24) is 5.32 Å². The van der Waals surface area contributed by atoms with E-state index in [0.717, 1.165) is 0 Å². The van der Waals surface area contributed by atoms with Crippen molar-refractivity contribution in [3.63, 3.8) is 0 Å². The molecule has 1 aromatic heterocycles. The standard InChI is InChI=1S/C15H18FNO3/c1-9(5-4-8-18)17-15(19)13-10(2)11-6-3-7-12(16)14(11)20-13/h3,6-7,9,18H,4-5,8H2,1-2H3,(H,17,19). The molecule has 2 N–H and O–H groups in total. The van der Waals surface area contributed by atoms with E-state index in [1.165, 1.54) is 6.07 Å². The summed E-state index contributed by atoms with van der Waals surface area (Å²) in [4.78, 5) is 12.1. The first kappa shape index (κ1) is 14.5. The van der Waals surface area contributed by atoms with Crippen LogP contribution in [0.15, 0.2) is 22.6 Å². The minimum Gasteiger partial charge on any atom is -0.448 e. The van der Waals surface area contributed by atoms with Crippen molar-refractivity contribution in [3.05, 3.63) is 35.3 Å². The fourth-order valence-corrected chi connectivity index (χ4v) is 2.18. The molecule has 1 atom stereocenters. The fourth-order valence-electron chi connectivity index (χ4n) is 2.18. The van der Waals surface area contributed by atoms with Crippen LogP contribution in [-0.4, -0.2) is 23.7 Å². The normalized spacial score (nSPS) is 12.6. The minimum atomic E-state index is -0.474. The Morgan fingerprint density at radius 3 is 2.90 bits per heavy atom. The average Bonchev–Trinajstić information content (AvgIpc) is 2.76. The van der Waals surface area contributed by atoms with E-state index in [2.05, 4.69) is 5.32 Å². The van der Waals surface area contributed by atoms with E-state index in [-0.39, 0.29) is 29.9 Å². The number of hydrogen-bond donors (Lipinski definition) is 2. The van der Waals surface area contributed by atoms with E-state index < -0.39 is 5.82 Å².